The maximum absolute atomic E-state index is 13.4. The first-order valence-electron chi connectivity index (χ1n) is 4.11. The highest BCUT2D eigenvalue weighted by molar-refractivity contribution is 7.90. The standard InChI is InChI=1S/C9H8F4O2S/c1-5-3-4-6(9(11,12)13)7(10)8(5)16(2,14)15/h3-4H,1-2H3. The van der Waals surface area contributed by atoms with Crippen LogP contribution in [-0.2, 0) is 16.0 Å². The molecule has 2 nitrogen and oxygen atoms in total. The van der Waals surface area contributed by atoms with E-state index in [1.807, 2.05) is 0 Å². The van der Waals surface area contributed by atoms with E-state index >= 15 is 0 Å². The highest BCUT2D eigenvalue weighted by Gasteiger charge is 2.36. The van der Waals surface area contributed by atoms with Crippen molar-refractivity contribution in [3.63, 3.8) is 0 Å². The van der Waals surface area contributed by atoms with E-state index in [-0.39, 0.29) is 5.56 Å². The number of aryl methyl sites for hydroxylation is 1. The lowest BCUT2D eigenvalue weighted by molar-refractivity contribution is -0.140. The van der Waals surface area contributed by atoms with Crippen LogP contribution in [-0.4, -0.2) is 14.7 Å². The molecule has 7 heteroatoms. The highest BCUT2D eigenvalue weighted by atomic mass is 32.2. The Balaban J connectivity index is 3.65. The Bertz CT molecular complexity index is 517. The second-order valence-corrected chi connectivity index (χ2v) is 5.30. The maximum Gasteiger partial charge on any atom is 0.419 e. The van der Waals surface area contributed by atoms with Crippen LogP contribution in [0.15, 0.2) is 17.0 Å². The van der Waals surface area contributed by atoms with Gasteiger partial charge >= 0.3 is 6.18 Å². The summed E-state index contributed by atoms with van der Waals surface area (Å²) in [5.74, 6) is -1.74. The topological polar surface area (TPSA) is 34.1 Å². The number of sulfone groups is 1. The van der Waals surface area contributed by atoms with Crippen LogP contribution in [0.4, 0.5) is 17.6 Å². The summed E-state index contributed by atoms with van der Waals surface area (Å²) in [7, 11) is -4.02. The zero-order valence-electron chi connectivity index (χ0n) is 8.39. The second-order valence-electron chi connectivity index (χ2n) is 3.34. The van der Waals surface area contributed by atoms with Crippen molar-refractivity contribution in [2.45, 2.75) is 18.0 Å². The van der Waals surface area contributed by atoms with Gasteiger partial charge in [0, 0.05) is 6.26 Å². The molecule has 1 rings (SSSR count). The van der Waals surface area contributed by atoms with Gasteiger partial charge in [0.1, 0.15) is 4.90 Å². The largest absolute Gasteiger partial charge is 0.419 e. The van der Waals surface area contributed by atoms with Crippen LogP contribution in [0.2, 0.25) is 0 Å². The van der Waals surface area contributed by atoms with Gasteiger partial charge < -0.3 is 0 Å². The monoisotopic (exact) mass is 256 g/mol. The maximum atomic E-state index is 13.4. The lowest BCUT2D eigenvalue weighted by Gasteiger charge is -2.12. The van der Waals surface area contributed by atoms with Gasteiger partial charge in [-0.3, -0.25) is 0 Å². The van der Waals surface area contributed by atoms with Crippen molar-refractivity contribution in [3.8, 4) is 0 Å². The van der Waals surface area contributed by atoms with Crippen molar-refractivity contribution < 1.29 is 26.0 Å². The molecule has 0 radical (unpaired) electrons. The number of hydrogen-bond donors (Lipinski definition) is 0. The first kappa shape index (κ1) is 13.0. The second kappa shape index (κ2) is 3.73. The number of rotatable bonds is 1. The molecule has 0 aliphatic carbocycles. The lowest BCUT2D eigenvalue weighted by Crippen LogP contribution is -2.13. The fourth-order valence-electron chi connectivity index (χ4n) is 1.33. The Morgan fingerprint density at radius 3 is 2.06 bits per heavy atom. The van der Waals surface area contributed by atoms with Gasteiger partial charge in [0.2, 0.25) is 0 Å². The summed E-state index contributed by atoms with van der Waals surface area (Å²) in [6.07, 6.45) is -4.24. The molecule has 0 aromatic heterocycles. The van der Waals surface area contributed by atoms with Gasteiger partial charge in [-0.1, -0.05) is 6.07 Å². The Labute approximate surface area is 89.8 Å². The van der Waals surface area contributed by atoms with Crippen molar-refractivity contribution in [3.05, 3.63) is 29.1 Å². The zero-order chi connectivity index (χ0) is 12.7. The molecule has 0 atom stereocenters. The van der Waals surface area contributed by atoms with Crippen LogP contribution in [0.3, 0.4) is 0 Å². The fraction of sp³-hybridized carbons (Fsp3) is 0.333. The number of hydrogen-bond acceptors (Lipinski definition) is 2. The van der Waals surface area contributed by atoms with Crippen molar-refractivity contribution in [1.29, 1.82) is 0 Å². The third-order valence-corrected chi connectivity index (χ3v) is 3.21. The molecule has 0 aliphatic rings. The van der Waals surface area contributed by atoms with Crippen LogP contribution in [0.1, 0.15) is 11.1 Å². The molecule has 0 saturated heterocycles. The Morgan fingerprint density at radius 1 is 1.19 bits per heavy atom. The van der Waals surface area contributed by atoms with Gasteiger partial charge in [0.25, 0.3) is 0 Å². The van der Waals surface area contributed by atoms with E-state index in [0.717, 1.165) is 6.07 Å². The number of alkyl halides is 3. The predicted octanol–water partition coefficient (Wildman–Crippen LogP) is 2.56. The smallest absolute Gasteiger partial charge is 0.224 e. The Morgan fingerprint density at radius 2 is 1.69 bits per heavy atom. The first-order valence-corrected chi connectivity index (χ1v) is 6.00. The molecular weight excluding hydrogens is 248 g/mol. The van der Waals surface area contributed by atoms with Crippen molar-refractivity contribution in [2.24, 2.45) is 0 Å². The molecule has 0 bridgehead atoms. The van der Waals surface area contributed by atoms with E-state index in [9.17, 15) is 26.0 Å². The minimum Gasteiger partial charge on any atom is -0.224 e. The zero-order valence-corrected chi connectivity index (χ0v) is 9.21. The Hall–Kier alpha value is -1.11. The van der Waals surface area contributed by atoms with Gasteiger partial charge in [0.15, 0.2) is 15.7 Å². The van der Waals surface area contributed by atoms with E-state index in [0.29, 0.717) is 12.3 Å². The van der Waals surface area contributed by atoms with Gasteiger partial charge in [0.05, 0.1) is 5.56 Å². The van der Waals surface area contributed by atoms with Crippen LogP contribution >= 0.6 is 0 Å². The van der Waals surface area contributed by atoms with Crippen LogP contribution in [0.5, 0.6) is 0 Å². The summed E-state index contributed by atoms with van der Waals surface area (Å²) in [4.78, 5) is -0.901. The van der Waals surface area contributed by atoms with E-state index in [2.05, 4.69) is 0 Å². The molecule has 90 valence electrons. The van der Waals surface area contributed by atoms with E-state index < -0.39 is 32.3 Å². The van der Waals surface area contributed by atoms with Gasteiger partial charge in [-0.2, -0.15) is 13.2 Å². The summed E-state index contributed by atoms with van der Waals surface area (Å²) in [5.41, 5.74) is -1.62. The van der Waals surface area contributed by atoms with E-state index in [1.54, 1.807) is 0 Å². The number of halogens is 4. The minimum absolute atomic E-state index is 0.0481. The Kier molecular flexibility index (Phi) is 3.02. The molecule has 0 spiro atoms. The predicted molar refractivity (Wildman–Crippen MR) is 49.2 cm³/mol. The SMILES string of the molecule is Cc1ccc(C(F)(F)F)c(F)c1S(C)(=O)=O. The van der Waals surface area contributed by atoms with Crippen molar-refractivity contribution in [1.82, 2.24) is 0 Å². The average molecular weight is 256 g/mol. The molecule has 0 amide bonds. The quantitative estimate of drug-likeness (QED) is 0.724. The summed E-state index contributed by atoms with van der Waals surface area (Å²) in [6.45, 7) is 1.24. The third-order valence-electron chi connectivity index (χ3n) is 1.97. The molecule has 0 unspecified atom stereocenters. The van der Waals surface area contributed by atoms with Crippen molar-refractivity contribution in [2.75, 3.05) is 6.26 Å². The summed E-state index contributed by atoms with van der Waals surface area (Å²) in [5, 5.41) is 0. The fourth-order valence-corrected chi connectivity index (χ4v) is 2.42. The molecule has 16 heavy (non-hydrogen) atoms. The molecule has 0 heterocycles. The van der Waals surface area contributed by atoms with Gasteiger partial charge in [-0.05, 0) is 18.6 Å². The first-order chi connectivity index (χ1) is 7.05. The molecule has 0 fully saturated rings. The lowest BCUT2D eigenvalue weighted by atomic mass is 10.1. The molecule has 0 N–H and O–H groups in total. The minimum atomic E-state index is -4.91. The normalized spacial score (nSPS) is 12.9. The van der Waals surface area contributed by atoms with Gasteiger partial charge in [-0.25, -0.2) is 12.8 Å². The molecule has 0 saturated carbocycles. The van der Waals surface area contributed by atoms with Crippen LogP contribution in [0, 0.1) is 12.7 Å². The highest BCUT2D eigenvalue weighted by Crippen LogP contribution is 2.34. The summed E-state index contributed by atoms with van der Waals surface area (Å²) < 4.78 is 72.7. The average Bonchev–Trinajstić information content (AvgIpc) is 1.97. The van der Waals surface area contributed by atoms with Crippen LogP contribution in [0.25, 0.3) is 0 Å². The molecular formula is C9H8F4O2S. The summed E-state index contributed by atoms with van der Waals surface area (Å²) >= 11 is 0. The van der Waals surface area contributed by atoms with E-state index in [4.69, 9.17) is 0 Å². The third kappa shape index (κ3) is 2.34. The van der Waals surface area contributed by atoms with Crippen LogP contribution < -0.4 is 0 Å². The van der Waals surface area contributed by atoms with E-state index in [1.165, 1.54) is 6.92 Å². The van der Waals surface area contributed by atoms with Crippen molar-refractivity contribution >= 4 is 9.84 Å². The molecule has 1 aromatic rings. The molecule has 0 aliphatic heterocycles. The van der Waals surface area contributed by atoms with Gasteiger partial charge in [-0.15, -0.1) is 0 Å². The molecule has 1 aromatic carbocycles. The summed E-state index contributed by atoms with van der Waals surface area (Å²) in [6, 6.07) is 1.46. The number of benzene rings is 1.